The molecule has 1 aromatic carbocycles. The van der Waals surface area contributed by atoms with Crippen molar-refractivity contribution in [2.75, 3.05) is 19.8 Å². The summed E-state index contributed by atoms with van der Waals surface area (Å²) in [5, 5.41) is 8.77. The summed E-state index contributed by atoms with van der Waals surface area (Å²) >= 11 is 1.74. The second-order valence-electron chi connectivity index (χ2n) is 6.34. The van der Waals surface area contributed by atoms with Crippen LogP contribution in [0.5, 0.6) is 5.75 Å². The second-order valence-corrected chi connectivity index (χ2v) is 7.37. The molecule has 3 rings (SSSR count). The largest absolute Gasteiger partial charge is 0.488 e. The Morgan fingerprint density at radius 1 is 1.35 bits per heavy atom. The van der Waals surface area contributed by atoms with Crippen LogP contribution in [0, 0.1) is 6.92 Å². The molecule has 2 N–H and O–H groups in total. The summed E-state index contributed by atoms with van der Waals surface area (Å²) in [7, 11) is 0. The first-order valence-electron chi connectivity index (χ1n) is 9.13. The summed E-state index contributed by atoms with van der Waals surface area (Å²) in [5.41, 5.74) is 2.28. The molecule has 0 amide bonds. The van der Waals surface area contributed by atoms with Crippen molar-refractivity contribution in [3.63, 3.8) is 0 Å². The maximum absolute atomic E-state index is 6.17. The van der Waals surface area contributed by atoms with Gasteiger partial charge in [-0.25, -0.2) is 4.99 Å². The first kappa shape index (κ1) is 18.7. The summed E-state index contributed by atoms with van der Waals surface area (Å²) in [6, 6.07) is 10.5. The molecule has 0 aliphatic carbocycles. The Bertz CT molecular complexity index is 710. The van der Waals surface area contributed by atoms with Gasteiger partial charge in [0.2, 0.25) is 0 Å². The minimum Gasteiger partial charge on any atom is -0.488 e. The van der Waals surface area contributed by atoms with Gasteiger partial charge in [0.1, 0.15) is 11.9 Å². The fourth-order valence-electron chi connectivity index (χ4n) is 2.78. The van der Waals surface area contributed by atoms with Gasteiger partial charge in [0.05, 0.1) is 26.3 Å². The third kappa shape index (κ3) is 5.47. The maximum Gasteiger partial charge on any atom is 0.191 e. The zero-order valence-corrected chi connectivity index (χ0v) is 16.3. The van der Waals surface area contributed by atoms with Crippen LogP contribution in [-0.2, 0) is 17.8 Å². The van der Waals surface area contributed by atoms with Gasteiger partial charge in [-0.05, 0) is 36.9 Å². The molecule has 1 aliphatic rings. The summed E-state index contributed by atoms with van der Waals surface area (Å²) in [5.74, 6) is 1.73. The lowest BCUT2D eigenvalue weighted by molar-refractivity contribution is 0.140. The van der Waals surface area contributed by atoms with Crippen LogP contribution in [0.3, 0.4) is 0 Å². The summed E-state index contributed by atoms with van der Waals surface area (Å²) in [6.07, 6.45) is 1.09. The highest BCUT2D eigenvalue weighted by Crippen LogP contribution is 2.24. The van der Waals surface area contributed by atoms with Crippen LogP contribution in [0.2, 0.25) is 0 Å². The predicted molar refractivity (Wildman–Crippen MR) is 107 cm³/mol. The van der Waals surface area contributed by atoms with Gasteiger partial charge >= 0.3 is 0 Å². The van der Waals surface area contributed by atoms with E-state index in [1.165, 1.54) is 10.4 Å². The van der Waals surface area contributed by atoms with E-state index in [1.54, 1.807) is 11.3 Å². The van der Waals surface area contributed by atoms with Crippen molar-refractivity contribution in [1.29, 1.82) is 0 Å². The Morgan fingerprint density at radius 2 is 2.27 bits per heavy atom. The lowest BCUT2D eigenvalue weighted by Crippen LogP contribution is -2.36. The monoisotopic (exact) mass is 373 g/mol. The SMILES string of the molecule is CCNC(=NCc1ccc(C)cc1OC1CCOC1)NCc1cccs1. The zero-order chi connectivity index (χ0) is 18.2. The van der Waals surface area contributed by atoms with E-state index in [2.05, 4.69) is 60.2 Å². The normalized spacial score (nSPS) is 17.3. The number of guanidine groups is 1. The molecule has 140 valence electrons. The van der Waals surface area contributed by atoms with E-state index in [0.717, 1.165) is 43.4 Å². The van der Waals surface area contributed by atoms with Crippen LogP contribution in [-0.4, -0.2) is 31.8 Å². The molecule has 5 nitrogen and oxygen atoms in total. The number of aryl methyl sites for hydroxylation is 1. The first-order chi connectivity index (χ1) is 12.7. The van der Waals surface area contributed by atoms with Gasteiger partial charge in [0.25, 0.3) is 0 Å². The quantitative estimate of drug-likeness (QED) is 0.576. The van der Waals surface area contributed by atoms with Crippen molar-refractivity contribution in [2.24, 2.45) is 4.99 Å². The van der Waals surface area contributed by atoms with Crippen LogP contribution in [0.25, 0.3) is 0 Å². The third-order valence-corrected chi connectivity index (χ3v) is 5.04. The number of thiophene rings is 1. The smallest absolute Gasteiger partial charge is 0.191 e. The number of hydrogen-bond acceptors (Lipinski definition) is 4. The maximum atomic E-state index is 6.17. The Morgan fingerprint density at radius 3 is 3.00 bits per heavy atom. The Labute approximate surface area is 159 Å². The van der Waals surface area contributed by atoms with Gasteiger partial charge in [0, 0.05) is 23.4 Å². The molecule has 0 spiro atoms. The molecule has 0 radical (unpaired) electrons. The molecule has 26 heavy (non-hydrogen) atoms. The van der Waals surface area contributed by atoms with Crippen molar-refractivity contribution in [3.05, 3.63) is 51.7 Å². The van der Waals surface area contributed by atoms with Crippen LogP contribution in [0.15, 0.2) is 40.7 Å². The molecule has 1 fully saturated rings. The van der Waals surface area contributed by atoms with Gasteiger partial charge < -0.3 is 20.1 Å². The molecule has 1 aliphatic heterocycles. The van der Waals surface area contributed by atoms with E-state index in [4.69, 9.17) is 14.5 Å². The summed E-state index contributed by atoms with van der Waals surface area (Å²) in [6.45, 7) is 7.78. The van der Waals surface area contributed by atoms with E-state index in [0.29, 0.717) is 13.2 Å². The lowest BCUT2D eigenvalue weighted by atomic mass is 10.1. The minimum absolute atomic E-state index is 0.143. The van der Waals surface area contributed by atoms with Crippen molar-refractivity contribution in [2.45, 2.75) is 39.5 Å². The van der Waals surface area contributed by atoms with Crippen LogP contribution < -0.4 is 15.4 Å². The molecule has 2 aromatic rings. The third-order valence-electron chi connectivity index (χ3n) is 4.17. The Hall–Kier alpha value is -2.05. The molecule has 1 aromatic heterocycles. The number of aliphatic imine (C=N–C) groups is 1. The molecule has 1 atom stereocenters. The molecule has 6 heteroatoms. The Balaban J connectivity index is 1.67. The first-order valence-corrected chi connectivity index (χ1v) is 10.0. The number of rotatable bonds is 7. The van der Waals surface area contributed by atoms with Crippen molar-refractivity contribution in [1.82, 2.24) is 10.6 Å². The zero-order valence-electron chi connectivity index (χ0n) is 15.5. The van der Waals surface area contributed by atoms with E-state index >= 15 is 0 Å². The number of nitrogens with zero attached hydrogens (tertiary/aromatic N) is 1. The number of nitrogens with one attached hydrogen (secondary N) is 2. The number of hydrogen-bond donors (Lipinski definition) is 2. The molecular weight excluding hydrogens is 346 g/mol. The lowest BCUT2D eigenvalue weighted by Gasteiger charge is -2.16. The number of benzene rings is 1. The number of ether oxygens (including phenoxy) is 2. The Kier molecular flexibility index (Phi) is 6.91. The fraction of sp³-hybridized carbons (Fsp3) is 0.450. The highest BCUT2D eigenvalue weighted by atomic mass is 32.1. The molecule has 1 unspecified atom stereocenters. The highest BCUT2D eigenvalue weighted by molar-refractivity contribution is 7.09. The van der Waals surface area contributed by atoms with E-state index < -0.39 is 0 Å². The molecule has 2 heterocycles. The van der Waals surface area contributed by atoms with Gasteiger partial charge in [-0.3, -0.25) is 0 Å². The average molecular weight is 374 g/mol. The van der Waals surface area contributed by atoms with Crippen LogP contribution >= 0.6 is 11.3 Å². The van der Waals surface area contributed by atoms with E-state index in [1.807, 2.05) is 0 Å². The standard InChI is InChI=1S/C20H27N3O2S/c1-3-21-20(23-13-18-5-4-10-26-18)22-12-16-7-6-15(2)11-19(16)25-17-8-9-24-14-17/h4-7,10-11,17H,3,8-9,12-14H2,1-2H3,(H2,21,22,23). The van der Waals surface area contributed by atoms with Gasteiger partial charge in [-0.2, -0.15) is 0 Å². The van der Waals surface area contributed by atoms with E-state index in [-0.39, 0.29) is 6.10 Å². The van der Waals surface area contributed by atoms with Crippen LogP contribution in [0.4, 0.5) is 0 Å². The minimum atomic E-state index is 0.143. The average Bonchev–Trinajstić information content (AvgIpc) is 3.32. The predicted octanol–water partition coefficient (Wildman–Crippen LogP) is 3.48. The molecule has 0 saturated carbocycles. The molecular formula is C20H27N3O2S. The topological polar surface area (TPSA) is 54.9 Å². The van der Waals surface area contributed by atoms with Crippen molar-refractivity contribution >= 4 is 17.3 Å². The van der Waals surface area contributed by atoms with Gasteiger partial charge in [0.15, 0.2) is 5.96 Å². The fourth-order valence-corrected chi connectivity index (χ4v) is 3.42. The molecule has 0 bridgehead atoms. The van der Waals surface area contributed by atoms with Crippen molar-refractivity contribution in [3.8, 4) is 5.75 Å². The molecule has 1 saturated heterocycles. The van der Waals surface area contributed by atoms with Gasteiger partial charge in [-0.15, -0.1) is 11.3 Å². The highest BCUT2D eigenvalue weighted by Gasteiger charge is 2.18. The van der Waals surface area contributed by atoms with Crippen LogP contribution in [0.1, 0.15) is 29.3 Å². The van der Waals surface area contributed by atoms with Crippen molar-refractivity contribution < 1.29 is 9.47 Å². The summed E-state index contributed by atoms with van der Waals surface area (Å²) in [4.78, 5) is 6.02. The van der Waals surface area contributed by atoms with Gasteiger partial charge in [-0.1, -0.05) is 18.2 Å². The second kappa shape index (κ2) is 9.59. The summed E-state index contributed by atoms with van der Waals surface area (Å²) < 4.78 is 11.6. The van der Waals surface area contributed by atoms with E-state index in [9.17, 15) is 0 Å².